The number of nitrogens with zero attached hydrogens (tertiary/aromatic N) is 1. The highest BCUT2D eigenvalue weighted by atomic mass is 16.3. The predicted octanol–water partition coefficient (Wildman–Crippen LogP) is 2.49. The molecular weight excluding hydrogens is 248 g/mol. The molecule has 1 saturated carbocycles. The van der Waals surface area contributed by atoms with Gasteiger partial charge in [-0.3, -0.25) is 0 Å². The summed E-state index contributed by atoms with van der Waals surface area (Å²) in [7, 11) is 0. The standard InChI is InChI=1S/C17H34N2O/c1-6-17(5,11-18-16(2,3)4)12-19-9-13-7-8-15(20)14(13)10-19/h13-15,18,20H,6-12H2,1-5H3. The minimum Gasteiger partial charge on any atom is -0.393 e. The van der Waals surface area contributed by atoms with Crippen LogP contribution in [0.25, 0.3) is 0 Å². The second-order valence-corrected chi connectivity index (χ2v) is 8.53. The van der Waals surface area contributed by atoms with Gasteiger partial charge in [0.05, 0.1) is 6.10 Å². The van der Waals surface area contributed by atoms with Crippen LogP contribution in [-0.4, -0.2) is 47.8 Å². The van der Waals surface area contributed by atoms with Crippen molar-refractivity contribution < 1.29 is 5.11 Å². The van der Waals surface area contributed by atoms with Gasteiger partial charge in [0.1, 0.15) is 0 Å². The number of nitrogens with one attached hydrogen (secondary N) is 1. The highest BCUT2D eigenvalue weighted by Gasteiger charge is 2.43. The summed E-state index contributed by atoms with van der Waals surface area (Å²) in [6.07, 6.45) is 3.42. The third-order valence-corrected chi connectivity index (χ3v) is 5.40. The van der Waals surface area contributed by atoms with Crippen molar-refractivity contribution in [1.82, 2.24) is 10.2 Å². The molecule has 0 aromatic heterocycles. The van der Waals surface area contributed by atoms with E-state index in [4.69, 9.17) is 0 Å². The van der Waals surface area contributed by atoms with E-state index in [9.17, 15) is 5.11 Å². The molecule has 2 aliphatic rings. The van der Waals surface area contributed by atoms with Crippen LogP contribution in [0.3, 0.4) is 0 Å². The fourth-order valence-electron chi connectivity index (χ4n) is 3.77. The van der Waals surface area contributed by atoms with Crippen LogP contribution >= 0.6 is 0 Å². The summed E-state index contributed by atoms with van der Waals surface area (Å²) in [5.41, 5.74) is 0.519. The van der Waals surface area contributed by atoms with Crippen LogP contribution in [-0.2, 0) is 0 Å². The summed E-state index contributed by atoms with van der Waals surface area (Å²) in [5, 5.41) is 13.7. The minimum absolute atomic E-state index is 0.0365. The lowest BCUT2D eigenvalue weighted by Gasteiger charge is -2.36. The predicted molar refractivity (Wildman–Crippen MR) is 84.8 cm³/mol. The fraction of sp³-hybridized carbons (Fsp3) is 1.00. The lowest BCUT2D eigenvalue weighted by atomic mass is 9.86. The average molecular weight is 282 g/mol. The second kappa shape index (κ2) is 5.94. The van der Waals surface area contributed by atoms with E-state index in [1.165, 1.54) is 19.4 Å². The number of fused-ring (bicyclic) bond motifs is 1. The summed E-state index contributed by atoms with van der Waals surface area (Å²) in [6.45, 7) is 15.9. The summed E-state index contributed by atoms with van der Waals surface area (Å²) in [6, 6.07) is 0. The van der Waals surface area contributed by atoms with Crippen molar-refractivity contribution in [3.63, 3.8) is 0 Å². The van der Waals surface area contributed by atoms with Crippen molar-refractivity contribution in [3.05, 3.63) is 0 Å². The molecule has 3 heteroatoms. The third-order valence-electron chi connectivity index (χ3n) is 5.40. The Morgan fingerprint density at radius 2 is 1.85 bits per heavy atom. The first-order valence-electron chi connectivity index (χ1n) is 8.38. The maximum absolute atomic E-state index is 10.0. The van der Waals surface area contributed by atoms with Gasteiger partial charge in [0.2, 0.25) is 0 Å². The van der Waals surface area contributed by atoms with Crippen molar-refractivity contribution in [2.75, 3.05) is 26.2 Å². The van der Waals surface area contributed by atoms with Gasteiger partial charge in [-0.25, -0.2) is 0 Å². The van der Waals surface area contributed by atoms with Crippen LogP contribution in [0.15, 0.2) is 0 Å². The highest BCUT2D eigenvalue weighted by molar-refractivity contribution is 4.95. The molecule has 3 nitrogen and oxygen atoms in total. The molecule has 0 spiro atoms. The van der Waals surface area contributed by atoms with Crippen molar-refractivity contribution in [2.45, 2.75) is 65.5 Å². The summed E-state index contributed by atoms with van der Waals surface area (Å²) < 4.78 is 0. The Bertz CT molecular complexity index is 325. The molecule has 0 aromatic rings. The van der Waals surface area contributed by atoms with E-state index in [1.807, 2.05) is 0 Å². The molecule has 4 unspecified atom stereocenters. The van der Waals surface area contributed by atoms with Crippen LogP contribution in [0, 0.1) is 17.3 Å². The number of hydrogen-bond acceptors (Lipinski definition) is 3. The molecule has 20 heavy (non-hydrogen) atoms. The van der Waals surface area contributed by atoms with Crippen molar-refractivity contribution >= 4 is 0 Å². The maximum atomic E-state index is 10.0. The highest BCUT2D eigenvalue weighted by Crippen LogP contribution is 2.39. The number of hydrogen-bond donors (Lipinski definition) is 2. The average Bonchev–Trinajstić information content (AvgIpc) is 2.89. The van der Waals surface area contributed by atoms with E-state index < -0.39 is 0 Å². The van der Waals surface area contributed by atoms with Crippen LogP contribution < -0.4 is 5.32 Å². The Morgan fingerprint density at radius 3 is 2.40 bits per heavy atom. The molecule has 1 saturated heterocycles. The first-order valence-corrected chi connectivity index (χ1v) is 8.38. The van der Waals surface area contributed by atoms with Gasteiger partial charge in [0.25, 0.3) is 0 Å². The molecule has 0 amide bonds. The van der Waals surface area contributed by atoms with Crippen LogP contribution in [0.2, 0.25) is 0 Å². The molecule has 1 aliphatic heterocycles. The zero-order chi connectivity index (χ0) is 15.0. The lowest BCUT2D eigenvalue weighted by molar-refractivity contribution is 0.112. The molecule has 0 bridgehead atoms. The number of aliphatic hydroxyl groups is 1. The third kappa shape index (κ3) is 3.96. The Hall–Kier alpha value is -0.120. The van der Waals surface area contributed by atoms with E-state index in [2.05, 4.69) is 44.8 Å². The van der Waals surface area contributed by atoms with Crippen molar-refractivity contribution in [3.8, 4) is 0 Å². The van der Waals surface area contributed by atoms with Gasteiger partial charge in [0, 0.05) is 37.6 Å². The molecule has 0 radical (unpaired) electrons. The second-order valence-electron chi connectivity index (χ2n) is 8.53. The monoisotopic (exact) mass is 282 g/mol. The fourth-order valence-corrected chi connectivity index (χ4v) is 3.77. The smallest absolute Gasteiger partial charge is 0.0583 e. The Kier molecular flexibility index (Phi) is 4.83. The first kappa shape index (κ1) is 16.3. The quantitative estimate of drug-likeness (QED) is 0.813. The topological polar surface area (TPSA) is 35.5 Å². The molecule has 0 aromatic carbocycles. The number of aliphatic hydroxyl groups excluding tert-OH is 1. The molecule has 2 N–H and O–H groups in total. The molecule has 4 atom stereocenters. The number of likely N-dealkylation sites (tertiary alicyclic amines) is 1. The van der Waals surface area contributed by atoms with E-state index in [-0.39, 0.29) is 11.6 Å². The number of rotatable bonds is 5. The summed E-state index contributed by atoms with van der Waals surface area (Å²) >= 11 is 0. The van der Waals surface area contributed by atoms with Gasteiger partial charge >= 0.3 is 0 Å². The Balaban J connectivity index is 1.87. The largest absolute Gasteiger partial charge is 0.393 e. The minimum atomic E-state index is -0.0365. The van der Waals surface area contributed by atoms with E-state index in [0.717, 1.165) is 32.0 Å². The van der Waals surface area contributed by atoms with Crippen molar-refractivity contribution in [2.24, 2.45) is 17.3 Å². The van der Waals surface area contributed by atoms with Gasteiger partial charge in [-0.05, 0) is 51.4 Å². The van der Waals surface area contributed by atoms with Crippen LogP contribution in [0.1, 0.15) is 53.9 Å². The molecule has 1 aliphatic carbocycles. The van der Waals surface area contributed by atoms with Gasteiger partial charge in [-0.2, -0.15) is 0 Å². The van der Waals surface area contributed by atoms with Gasteiger partial charge in [0.15, 0.2) is 0 Å². The van der Waals surface area contributed by atoms with E-state index in [1.54, 1.807) is 0 Å². The first-order chi connectivity index (χ1) is 9.22. The summed E-state index contributed by atoms with van der Waals surface area (Å²) in [5.74, 6) is 1.30. The molecule has 2 rings (SSSR count). The Morgan fingerprint density at radius 1 is 1.15 bits per heavy atom. The van der Waals surface area contributed by atoms with Crippen LogP contribution in [0.4, 0.5) is 0 Å². The molecule has 2 fully saturated rings. The summed E-state index contributed by atoms with van der Waals surface area (Å²) in [4.78, 5) is 2.60. The zero-order valence-corrected chi connectivity index (χ0v) is 14.1. The van der Waals surface area contributed by atoms with E-state index in [0.29, 0.717) is 11.3 Å². The SMILES string of the molecule is CCC(C)(CNC(C)(C)C)CN1CC2CCC(O)C2C1. The van der Waals surface area contributed by atoms with E-state index >= 15 is 0 Å². The molecular formula is C17H34N2O. The Labute approximate surface area is 125 Å². The zero-order valence-electron chi connectivity index (χ0n) is 14.1. The van der Waals surface area contributed by atoms with Gasteiger partial charge in [-0.1, -0.05) is 13.8 Å². The van der Waals surface area contributed by atoms with Crippen LogP contribution in [0.5, 0.6) is 0 Å². The molecule has 118 valence electrons. The maximum Gasteiger partial charge on any atom is 0.0583 e. The normalized spacial score (nSPS) is 34.2. The lowest BCUT2D eigenvalue weighted by Crippen LogP contribution is -2.47. The molecule has 1 heterocycles. The van der Waals surface area contributed by atoms with Gasteiger partial charge in [-0.15, -0.1) is 0 Å². The van der Waals surface area contributed by atoms with Crippen molar-refractivity contribution in [1.29, 1.82) is 0 Å². The van der Waals surface area contributed by atoms with Gasteiger partial charge < -0.3 is 15.3 Å².